The second-order valence-corrected chi connectivity index (χ2v) is 10.7. The molecule has 8 nitrogen and oxygen atoms in total. The quantitative estimate of drug-likeness (QED) is 0.727. The lowest BCUT2D eigenvalue weighted by atomic mass is 9.85. The second kappa shape index (κ2) is 7.01. The molecule has 0 bridgehead atoms. The minimum absolute atomic E-state index is 0.0417. The summed E-state index contributed by atoms with van der Waals surface area (Å²) in [5, 5.41) is 5.91. The number of nitrogens with one attached hydrogen (secondary N) is 2. The maximum atomic E-state index is 12.6. The van der Waals surface area contributed by atoms with E-state index in [2.05, 4.69) is 10.6 Å². The van der Waals surface area contributed by atoms with E-state index in [1.807, 2.05) is 40.7 Å². The Morgan fingerprint density at radius 2 is 2.00 bits per heavy atom. The van der Waals surface area contributed by atoms with Crippen LogP contribution >= 0.6 is 0 Å². The number of fused-ring (bicyclic) bond motifs is 3. The lowest BCUT2D eigenvalue weighted by Gasteiger charge is -2.37. The Morgan fingerprint density at radius 1 is 1.25 bits per heavy atom. The van der Waals surface area contributed by atoms with Crippen LogP contribution < -0.4 is 20.1 Å². The van der Waals surface area contributed by atoms with E-state index in [4.69, 9.17) is 18.9 Å². The van der Waals surface area contributed by atoms with E-state index < -0.39 is 17.5 Å². The third-order valence-corrected chi connectivity index (χ3v) is 6.92. The summed E-state index contributed by atoms with van der Waals surface area (Å²) in [5.74, 6) is 0.278. The number of benzene rings is 1. The molecule has 8 heteroatoms. The standard InChI is InChI=1S/C24H32N2O6/c1-13-18-15(24(8-9-24)12-25-20(18)27)10-16-19(13)31-23(5,30-16)17-7-6-14(11-29-17)26-21(28)32-22(2,3)4/h10,14,17H,6-9,11-12H2,1-5H3,(H,25,27)(H,26,28)/t14-,17+,23?/m1/s1. The van der Waals surface area contributed by atoms with E-state index in [9.17, 15) is 9.59 Å². The Hall–Kier alpha value is -2.48. The minimum Gasteiger partial charge on any atom is -0.446 e. The maximum absolute atomic E-state index is 12.6. The average Bonchev–Trinajstić information content (AvgIpc) is 3.39. The highest BCUT2D eigenvalue weighted by Gasteiger charge is 2.53. The van der Waals surface area contributed by atoms with Crippen LogP contribution in [-0.4, -0.2) is 48.7 Å². The van der Waals surface area contributed by atoms with Crippen LogP contribution in [-0.2, 0) is 14.9 Å². The Balaban J connectivity index is 1.28. The summed E-state index contributed by atoms with van der Waals surface area (Å²) in [6.45, 7) is 10.3. The normalized spacial score (nSPS) is 29.8. The summed E-state index contributed by atoms with van der Waals surface area (Å²) < 4.78 is 24.1. The van der Waals surface area contributed by atoms with Crippen molar-refractivity contribution >= 4 is 12.0 Å². The SMILES string of the molecule is Cc1c2c(cc3c1C(=O)NCC31CC1)OC(C)([C@@H]1CC[C@@H](NC(=O)OC(C)(C)C)CO1)O2. The van der Waals surface area contributed by atoms with E-state index in [0.717, 1.165) is 36.0 Å². The first-order valence-electron chi connectivity index (χ1n) is 11.5. The molecule has 32 heavy (non-hydrogen) atoms. The molecule has 1 aromatic rings. The fourth-order valence-corrected chi connectivity index (χ4v) is 5.04. The lowest BCUT2D eigenvalue weighted by molar-refractivity contribution is -0.185. The lowest BCUT2D eigenvalue weighted by Crippen LogP contribution is -2.54. The summed E-state index contributed by atoms with van der Waals surface area (Å²) >= 11 is 0. The van der Waals surface area contributed by atoms with Crippen molar-refractivity contribution in [2.75, 3.05) is 13.2 Å². The molecule has 3 aliphatic heterocycles. The first kappa shape index (κ1) is 21.4. The molecule has 1 saturated heterocycles. The summed E-state index contributed by atoms with van der Waals surface area (Å²) in [6, 6.07) is 1.88. The predicted molar refractivity (Wildman–Crippen MR) is 116 cm³/mol. The van der Waals surface area contributed by atoms with Gasteiger partial charge in [-0.25, -0.2) is 4.79 Å². The number of amides is 2. The van der Waals surface area contributed by atoms with Gasteiger partial charge in [0.25, 0.3) is 11.7 Å². The van der Waals surface area contributed by atoms with Gasteiger partial charge in [-0.3, -0.25) is 4.79 Å². The Morgan fingerprint density at radius 3 is 2.62 bits per heavy atom. The van der Waals surface area contributed by atoms with Gasteiger partial charge < -0.3 is 29.6 Å². The number of carbonyl (C=O) groups excluding carboxylic acids is 2. The molecular weight excluding hydrogens is 412 g/mol. The number of ether oxygens (including phenoxy) is 4. The molecule has 174 valence electrons. The summed E-state index contributed by atoms with van der Waals surface area (Å²) in [5.41, 5.74) is 2.14. The summed E-state index contributed by atoms with van der Waals surface area (Å²) in [6.07, 6.45) is 2.80. The van der Waals surface area contributed by atoms with Crippen LogP contribution in [0.3, 0.4) is 0 Å². The molecule has 0 aromatic heterocycles. The van der Waals surface area contributed by atoms with Crippen molar-refractivity contribution < 1.29 is 28.5 Å². The molecule has 4 aliphatic rings. The Kier molecular flexibility index (Phi) is 4.68. The van der Waals surface area contributed by atoms with Gasteiger partial charge in [0.05, 0.1) is 18.2 Å². The van der Waals surface area contributed by atoms with E-state index >= 15 is 0 Å². The maximum Gasteiger partial charge on any atom is 0.407 e. The third-order valence-electron chi connectivity index (χ3n) is 6.92. The molecule has 3 heterocycles. The Bertz CT molecular complexity index is 972. The van der Waals surface area contributed by atoms with Crippen LogP contribution in [0, 0.1) is 6.92 Å². The zero-order chi connectivity index (χ0) is 22.9. The van der Waals surface area contributed by atoms with Crippen molar-refractivity contribution in [1.82, 2.24) is 10.6 Å². The molecule has 5 rings (SSSR count). The van der Waals surface area contributed by atoms with E-state index in [-0.39, 0.29) is 23.5 Å². The van der Waals surface area contributed by atoms with Gasteiger partial charge in [0, 0.05) is 24.4 Å². The highest BCUT2D eigenvalue weighted by Crippen LogP contribution is 2.55. The molecule has 0 radical (unpaired) electrons. The average molecular weight is 445 g/mol. The Labute approximate surface area is 188 Å². The molecule has 1 aliphatic carbocycles. The van der Waals surface area contributed by atoms with Gasteiger partial charge in [-0.1, -0.05) is 0 Å². The predicted octanol–water partition coefficient (Wildman–Crippen LogP) is 3.33. The van der Waals surface area contributed by atoms with Crippen LogP contribution in [0.2, 0.25) is 0 Å². The van der Waals surface area contributed by atoms with Crippen LogP contribution in [0.25, 0.3) is 0 Å². The monoisotopic (exact) mass is 444 g/mol. The van der Waals surface area contributed by atoms with Gasteiger partial charge in [-0.15, -0.1) is 0 Å². The summed E-state index contributed by atoms with van der Waals surface area (Å²) in [7, 11) is 0. The van der Waals surface area contributed by atoms with Crippen molar-refractivity contribution in [3.05, 3.63) is 22.8 Å². The number of hydrogen-bond donors (Lipinski definition) is 2. The molecule has 2 fully saturated rings. The minimum atomic E-state index is -0.985. The van der Waals surface area contributed by atoms with Gasteiger partial charge in [0.15, 0.2) is 11.5 Å². The smallest absolute Gasteiger partial charge is 0.407 e. The molecule has 3 atom stereocenters. The topological polar surface area (TPSA) is 95.1 Å². The zero-order valence-corrected chi connectivity index (χ0v) is 19.4. The van der Waals surface area contributed by atoms with E-state index in [1.165, 1.54) is 0 Å². The van der Waals surface area contributed by atoms with Crippen molar-refractivity contribution in [3.63, 3.8) is 0 Å². The van der Waals surface area contributed by atoms with Crippen LogP contribution in [0.15, 0.2) is 6.07 Å². The second-order valence-electron chi connectivity index (χ2n) is 10.7. The first-order valence-corrected chi connectivity index (χ1v) is 11.5. The number of alkyl carbamates (subject to hydrolysis) is 1. The molecule has 2 N–H and O–H groups in total. The van der Waals surface area contributed by atoms with Gasteiger partial charge in [0.1, 0.15) is 11.7 Å². The van der Waals surface area contributed by atoms with E-state index in [0.29, 0.717) is 31.1 Å². The van der Waals surface area contributed by atoms with E-state index in [1.54, 1.807) is 0 Å². The molecule has 1 spiro atoms. The largest absolute Gasteiger partial charge is 0.446 e. The molecule has 2 amide bonds. The van der Waals surface area contributed by atoms with Crippen LogP contribution in [0.4, 0.5) is 4.79 Å². The van der Waals surface area contributed by atoms with Crippen molar-refractivity contribution in [2.24, 2.45) is 0 Å². The van der Waals surface area contributed by atoms with Gasteiger partial charge >= 0.3 is 6.09 Å². The van der Waals surface area contributed by atoms with Gasteiger partial charge in [-0.05, 0) is 65.0 Å². The zero-order valence-electron chi connectivity index (χ0n) is 19.4. The number of carbonyl (C=O) groups is 2. The molecule has 1 aromatic carbocycles. The van der Waals surface area contributed by atoms with Gasteiger partial charge in [0.2, 0.25) is 0 Å². The number of rotatable bonds is 2. The van der Waals surface area contributed by atoms with Crippen molar-refractivity contribution in [2.45, 2.75) is 89.3 Å². The summed E-state index contributed by atoms with van der Waals surface area (Å²) in [4.78, 5) is 24.7. The molecular formula is C24H32N2O6. The van der Waals surface area contributed by atoms with Crippen molar-refractivity contribution in [3.8, 4) is 11.5 Å². The highest BCUT2D eigenvalue weighted by molar-refractivity contribution is 6.00. The fourth-order valence-electron chi connectivity index (χ4n) is 5.04. The highest BCUT2D eigenvalue weighted by atomic mass is 16.8. The van der Waals surface area contributed by atoms with Crippen molar-refractivity contribution in [1.29, 1.82) is 0 Å². The molecule has 1 unspecified atom stereocenters. The molecule has 1 saturated carbocycles. The fraction of sp³-hybridized carbons (Fsp3) is 0.667. The number of hydrogen-bond acceptors (Lipinski definition) is 6. The van der Waals surface area contributed by atoms with Crippen LogP contribution in [0.5, 0.6) is 11.5 Å². The van der Waals surface area contributed by atoms with Gasteiger partial charge in [-0.2, -0.15) is 0 Å². The first-order chi connectivity index (χ1) is 15.0. The van der Waals surface area contributed by atoms with Crippen LogP contribution in [0.1, 0.15) is 74.9 Å². The third kappa shape index (κ3) is 3.58.